The number of aryl methyl sites for hydroxylation is 1. The van der Waals surface area contributed by atoms with E-state index in [1.165, 1.54) is 11.8 Å². The van der Waals surface area contributed by atoms with Gasteiger partial charge >= 0.3 is 0 Å². The third kappa shape index (κ3) is 7.05. The van der Waals surface area contributed by atoms with Crippen LogP contribution in [0.5, 0.6) is 5.75 Å². The van der Waals surface area contributed by atoms with Crippen LogP contribution >= 0.6 is 23.4 Å². The maximum absolute atomic E-state index is 13.1. The minimum absolute atomic E-state index is 0.000516. The zero-order valence-electron chi connectivity index (χ0n) is 23.6. The van der Waals surface area contributed by atoms with Crippen molar-refractivity contribution in [2.24, 2.45) is 0 Å². The lowest BCUT2D eigenvalue weighted by molar-refractivity contribution is -0.128. The molecule has 3 aromatic rings. The van der Waals surface area contributed by atoms with E-state index in [0.717, 1.165) is 30.1 Å². The van der Waals surface area contributed by atoms with Crippen molar-refractivity contribution in [3.05, 3.63) is 70.9 Å². The number of piperazine rings is 2. The first kappa shape index (κ1) is 29.0. The second-order valence-electron chi connectivity index (χ2n) is 10.3. The van der Waals surface area contributed by atoms with E-state index in [-0.39, 0.29) is 23.6 Å². The van der Waals surface area contributed by atoms with E-state index >= 15 is 0 Å². The maximum Gasteiger partial charge on any atom is 0.254 e. The van der Waals surface area contributed by atoms with Crippen LogP contribution in [0.25, 0.3) is 0 Å². The number of ether oxygens (including phenoxy) is 1. The van der Waals surface area contributed by atoms with Gasteiger partial charge in [0.2, 0.25) is 5.91 Å². The molecule has 0 saturated carbocycles. The van der Waals surface area contributed by atoms with E-state index in [1.54, 1.807) is 13.2 Å². The normalized spacial score (nSPS) is 17.5. The first-order chi connectivity index (χ1) is 19.8. The van der Waals surface area contributed by atoms with Crippen molar-refractivity contribution in [2.75, 3.05) is 68.5 Å². The second kappa shape index (κ2) is 13.0. The predicted octanol–water partition coefficient (Wildman–Crippen LogP) is 4.24. The first-order valence-corrected chi connectivity index (χ1v) is 15.1. The molecule has 11 heteroatoms. The Kier molecular flexibility index (Phi) is 9.19. The number of hydrogen-bond donors (Lipinski definition) is 0. The molecule has 2 aliphatic heterocycles. The number of aromatic nitrogens is 2. The van der Waals surface area contributed by atoms with Gasteiger partial charge in [-0.2, -0.15) is 0 Å². The molecular formula is C30H35ClN6O3S. The van der Waals surface area contributed by atoms with Gasteiger partial charge in [-0.25, -0.2) is 9.97 Å². The quantitative estimate of drug-likeness (QED) is 0.228. The lowest BCUT2D eigenvalue weighted by atomic mass is 10.1. The van der Waals surface area contributed by atoms with Gasteiger partial charge in [0, 0.05) is 69.2 Å². The Labute approximate surface area is 250 Å². The Morgan fingerprint density at radius 3 is 2.29 bits per heavy atom. The van der Waals surface area contributed by atoms with E-state index < -0.39 is 0 Å². The molecular weight excluding hydrogens is 560 g/mol. The number of thioether (sulfide) groups is 1. The predicted molar refractivity (Wildman–Crippen MR) is 163 cm³/mol. The maximum atomic E-state index is 13.1. The molecule has 2 amide bonds. The highest BCUT2D eigenvalue weighted by Crippen LogP contribution is 2.26. The molecule has 2 saturated heterocycles. The molecule has 1 atom stereocenters. The van der Waals surface area contributed by atoms with Crippen LogP contribution in [0, 0.1) is 6.92 Å². The number of amides is 2. The van der Waals surface area contributed by atoms with Crippen molar-refractivity contribution in [1.29, 1.82) is 0 Å². The average Bonchev–Trinajstić information content (AvgIpc) is 3.00. The lowest BCUT2D eigenvalue weighted by Crippen LogP contribution is -2.54. The van der Waals surface area contributed by atoms with Crippen LogP contribution < -0.4 is 14.5 Å². The molecule has 0 N–H and O–H groups in total. The summed E-state index contributed by atoms with van der Waals surface area (Å²) in [5.74, 6) is 1.89. The number of nitrogens with zero attached hydrogens (tertiary/aromatic N) is 6. The van der Waals surface area contributed by atoms with Crippen LogP contribution in [0.4, 0.5) is 11.5 Å². The van der Waals surface area contributed by atoms with Crippen molar-refractivity contribution < 1.29 is 14.3 Å². The highest BCUT2D eigenvalue weighted by Gasteiger charge is 2.29. The highest BCUT2D eigenvalue weighted by molar-refractivity contribution is 7.99. The van der Waals surface area contributed by atoms with Crippen LogP contribution in [0.2, 0.25) is 5.15 Å². The number of hydrogen-bond acceptors (Lipinski definition) is 8. The lowest BCUT2D eigenvalue weighted by Gasteiger charge is -2.40. The molecule has 0 radical (unpaired) electrons. The van der Waals surface area contributed by atoms with Gasteiger partial charge in [-0.3, -0.25) is 9.59 Å². The fourth-order valence-corrected chi connectivity index (χ4v) is 6.15. The standard InChI is InChI=1S/C30H35ClN6O3S/c1-21-4-6-23(7-5-21)29(39)37-17-16-36(19-22(37)2)27-18-26(31)32-30(33-27)41-20-28(38)35-14-12-34(13-15-35)24-8-10-25(40-3)11-9-24/h4-11,18,22H,12-17,19-20H2,1-3H3. The van der Waals surface area contributed by atoms with Crippen molar-refractivity contribution >= 4 is 46.7 Å². The van der Waals surface area contributed by atoms with Crippen molar-refractivity contribution in [1.82, 2.24) is 19.8 Å². The minimum Gasteiger partial charge on any atom is -0.497 e. The van der Waals surface area contributed by atoms with E-state index in [1.807, 2.05) is 72.2 Å². The summed E-state index contributed by atoms with van der Waals surface area (Å²) in [6.45, 7) is 8.78. The van der Waals surface area contributed by atoms with E-state index in [4.69, 9.17) is 21.3 Å². The van der Waals surface area contributed by atoms with Crippen LogP contribution in [0.15, 0.2) is 59.8 Å². The van der Waals surface area contributed by atoms with Crippen molar-refractivity contribution in [3.63, 3.8) is 0 Å². The Bertz CT molecular complexity index is 1370. The number of benzene rings is 2. The molecule has 9 nitrogen and oxygen atoms in total. The molecule has 1 aromatic heterocycles. The average molecular weight is 595 g/mol. The van der Waals surface area contributed by atoms with Crippen LogP contribution in [-0.4, -0.2) is 96.3 Å². The first-order valence-electron chi connectivity index (χ1n) is 13.8. The highest BCUT2D eigenvalue weighted by atomic mass is 35.5. The molecule has 2 aromatic carbocycles. The summed E-state index contributed by atoms with van der Waals surface area (Å²) in [5.41, 5.74) is 2.95. The molecule has 2 aliphatic rings. The SMILES string of the molecule is COc1ccc(N2CCN(C(=O)CSc3nc(Cl)cc(N4CCN(C(=O)c5ccc(C)cc5)C(C)C4)n3)CC2)cc1. The number of carbonyl (C=O) groups is 2. The van der Waals surface area contributed by atoms with Crippen LogP contribution in [0.1, 0.15) is 22.8 Å². The molecule has 5 rings (SSSR count). The molecule has 41 heavy (non-hydrogen) atoms. The zero-order chi connectivity index (χ0) is 28.9. The smallest absolute Gasteiger partial charge is 0.254 e. The summed E-state index contributed by atoms with van der Waals surface area (Å²) >= 11 is 7.67. The van der Waals surface area contributed by atoms with Gasteiger partial charge in [0.15, 0.2) is 5.16 Å². The Hall–Kier alpha value is -3.50. The summed E-state index contributed by atoms with van der Waals surface area (Å²) < 4.78 is 5.24. The van der Waals surface area contributed by atoms with Crippen LogP contribution in [0.3, 0.4) is 0 Å². The summed E-state index contributed by atoms with van der Waals surface area (Å²) in [4.78, 5) is 43.3. The molecule has 2 fully saturated rings. The van der Waals surface area contributed by atoms with Crippen molar-refractivity contribution in [2.45, 2.75) is 25.0 Å². The van der Waals surface area contributed by atoms with E-state index in [9.17, 15) is 9.59 Å². The zero-order valence-corrected chi connectivity index (χ0v) is 25.2. The Balaban J connectivity index is 1.14. The molecule has 0 spiro atoms. The third-order valence-corrected chi connectivity index (χ3v) is 8.59. The van der Waals surface area contributed by atoms with E-state index in [2.05, 4.69) is 14.8 Å². The monoisotopic (exact) mass is 594 g/mol. The van der Waals surface area contributed by atoms with Gasteiger partial charge in [0.1, 0.15) is 16.7 Å². The van der Waals surface area contributed by atoms with E-state index in [0.29, 0.717) is 54.4 Å². The summed E-state index contributed by atoms with van der Waals surface area (Å²) in [5, 5.41) is 0.812. The largest absolute Gasteiger partial charge is 0.497 e. The van der Waals surface area contributed by atoms with Gasteiger partial charge in [0.05, 0.1) is 12.9 Å². The number of anilines is 2. The summed E-state index contributed by atoms with van der Waals surface area (Å²) in [7, 11) is 1.66. The molecule has 216 valence electrons. The molecule has 3 heterocycles. The number of carbonyl (C=O) groups excluding carboxylic acids is 2. The third-order valence-electron chi connectivity index (χ3n) is 7.57. The van der Waals surface area contributed by atoms with Gasteiger partial charge in [-0.05, 0) is 50.2 Å². The molecule has 0 bridgehead atoms. The topological polar surface area (TPSA) is 82.1 Å². The molecule has 0 aliphatic carbocycles. The number of methoxy groups -OCH3 is 1. The Morgan fingerprint density at radius 2 is 1.63 bits per heavy atom. The molecule has 1 unspecified atom stereocenters. The number of rotatable bonds is 7. The minimum atomic E-state index is 0.000516. The van der Waals surface area contributed by atoms with Gasteiger partial charge < -0.3 is 24.3 Å². The Morgan fingerprint density at radius 1 is 0.951 bits per heavy atom. The van der Waals surface area contributed by atoms with Crippen LogP contribution in [-0.2, 0) is 4.79 Å². The van der Waals surface area contributed by atoms with Crippen molar-refractivity contribution in [3.8, 4) is 5.75 Å². The second-order valence-corrected chi connectivity index (χ2v) is 11.7. The fraction of sp³-hybridized carbons (Fsp3) is 0.400. The summed E-state index contributed by atoms with van der Waals surface area (Å²) in [6, 6.07) is 17.4. The summed E-state index contributed by atoms with van der Waals surface area (Å²) in [6.07, 6.45) is 0. The van der Waals surface area contributed by atoms with Gasteiger partial charge in [-0.1, -0.05) is 41.1 Å². The van der Waals surface area contributed by atoms with Gasteiger partial charge in [-0.15, -0.1) is 0 Å². The number of halogens is 1. The fourth-order valence-electron chi connectivity index (χ4n) is 5.17. The van der Waals surface area contributed by atoms with Gasteiger partial charge in [0.25, 0.3) is 5.91 Å².